The minimum atomic E-state index is 0. The number of nitrogens with zero attached hydrogens (tertiary/aromatic N) is 1. The average Bonchev–Trinajstić information content (AvgIpc) is 2.30. The van der Waals surface area contributed by atoms with Gasteiger partial charge in [0.15, 0.2) is 0 Å². The molecule has 94 valence electrons. The quantitative estimate of drug-likeness (QED) is 0.852. The van der Waals surface area contributed by atoms with E-state index in [1.54, 1.807) is 24.3 Å². The number of benzene rings is 1. The van der Waals surface area contributed by atoms with Gasteiger partial charge in [-0.1, -0.05) is 11.6 Å². The zero-order valence-corrected chi connectivity index (χ0v) is 11.2. The SMILES string of the molecule is CC1CNCCN1C(=O)c1ccc(Cl)cc1.Cl. The summed E-state index contributed by atoms with van der Waals surface area (Å²) in [6.45, 7) is 4.55. The molecule has 1 amide bonds. The number of carbonyl (C=O) groups is 1. The van der Waals surface area contributed by atoms with Crippen LogP contribution in [0, 0.1) is 0 Å². The van der Waals surface area contributed by atoms with Crippen LogP contribution in [-0.4, -0.2) is 36.5 Å². The maximum Gasteiger partial charge on any atom is 0.254 e. The summed E-state index contributed by atoms with van der Waals surface area (Å²) < 4.78 is 0. The van der Waals surface area contributed by atoms with Gasteiger partial charge in [-0.05, 0) is 31.2 Å². The number of rotatable bonds is 1. The summed E-state index contributed by atoms with van der Waals surface area (Å²) in [6.07, 6.45) is 0. The molecule has 1 N–H and O–H groups in total. The van der Waals surface area contributed by atoms with Crippen LogP contribution in [0.5, 0.6) is 0 Å². The standard InChI is InChI=1S/C12H15ClN2O.ClH/c1-9-8-14-6-7-15(9)12(16)10-2-4-11(13)5-3-10;/h2-5,9,14H,6-8H2,1H3;1H. The first-order chi connectivity index (χ1) is 7.68. The molecule has 1 atom stereocenters. The first kappa shape index (κ1) is 14.3. The summed E-state index contributed by atoms with van der Waals surface area (Å²) in [5.74, 6) is 0.0886. The van der Waals surface area contributed by atoms with Crippen molar-refractivity contribution in [2.45, 2.75) is 13.0 Å². The van der Waals surface area contributed by atoms with Crippen LogP contribution >= 0.6 is 24.0 Å². The number of hydrogen-bond donors (Lipinski definition) is 1. The van der Waals surface area contributed by atoms with Gasteiger partial charge in [-0.25, -0.2) is 0 Å². The first-order valence-electron chi connectivity index (χ1n) is 5.46. The van der Waals surface area contributed by atoms with Crippen LogP contribution < -0.4 is 5.32 Å². The van der Waals surface area contributed by atoms with E-state index >= 15 is 0 Å². The molecule has 0 aromatic heterocycles. The van der Waals surface area contributed by atoms with E-state index in [1.807, 2.05) is 4.90 Å². The minimum Gasteiger partial charge on any atom is -0.333 e. The lowest BCUT2D eigenvalue weighted by Crippen LogP contribution is -2.52. The second-order valence-corrected chi connectivity index (χ2v) is 4.50. The highest BCUT2D eigenvalue weighted by atomic mass is 35.5. The van der Waals surface area contributed by atoms with Crippen LogP contribution in [0.3, 0.4) is 0 Å². The maximum absolute atomic E-state index is 12.2. The summed E-state index contributed by atoms with van der Waals surface area (Å²) >= 11 is 5.80. The number of halogens is 2. The maximum atomic E-state index is 12.2. The van der Waals surface area contributed by atoms with E-state index in [2.05, 4.69) is 12.2 Å². The van der Waals surface area contributed by atoms with E-state index in [4.69, 9.17) is 11.6 Å². The van der Waals surface area contributed by atoms with Crippen LogP contribution in [0.1, 0.15) is 17.3 Å². The summed E-state index contributed by atoms with van der Waals surface area (Å²) in [5, 5.41) is 3.92. The molecule has 1 aliphatic heterocycles. The van der Waals surface area contributed by atoms with Gasteiger partial charge in [-0.3, -0.25) is 4.79 Å². The predicted molar refractivity (Wildman–Crippen MR) is 72.1 cm³/mol. The summed E-state index contributed by atoms with van der Waals surface area (Å²) in [4.78, 5) is 14.1. The van der Waals surface area contributed by atoms with Crippen LogP contribution in [0.15, 0.2) is 24.3 Å². The molecular formula is C12H16Cl2N2O. The minimum absolute atomic E-state index is 0. The first-order valence-corrected chi connectivity index (χ1v) is 5.83. The van der Waals surface area contributed by atoms with Gasteiger partial charge in [-0.15, -0.1) is 12.4 Å². The van der Waals surface area contributed by atoms with Gasteiger partial charge in [0.1, 0.15) is 0 Å². The Kier molecular flexibility index (Phi) is 5.25. The molecule has 0 radical (unpaired) electrons. The summed E-state index contributed by atoms with van der Waals surface area (Å²) in [5.41, 5.74) is 0.707. The van der Waals surface area contributed by atoms with E-state index in [0.29, 0.717) is 10.6 Å². The van der Waals surface area contributed by atoms with Crippen molar-refractivity contribution in [3.05, 3.63) is 34.9 Å². The highest BCUT2D eigenvalue weighted by molar-refractivity contribution is 6.30. The second kappa shape index (κ2) is 6.24. The van der Waals surface area contributed by atoms with Crippen molar-refractivity contribution in [3.8, 4) is 0 Å². The third kappa shape index (κ3) is 3.35. The molecule has 0 spiro atoms. The molecular weight excluding hydrogens is 259 g/mol. The Morgan fingerprint density at radius 2 is 2.06 bits per heavy atom. The molecule has 17 heavy (non-hydrogen) atoms. The molecule has 0 bridgehead atoms. The Balaban J connectivity index is 0.00000144. The van der Waals surface area contributed by atoms with E-state index in [1.165, 1.54) is 0 Å². The Morgan fingerprint density at radius 1 is 1.41 bits per heavy atom. The summed E-state index contributed by atoms with van der Waals surface area (Å²) in [6, 6.07) is 7.30. The normalized spacial score (nSPS) is 19.6. The topological polar surface area (TPSA) is 32.3 Å². The molecule has 1 aromatic rings. The zero-order chi connectivity index (χ0) is 11.5. The monoisotopic (exact) mass is 274 g/mol. The van der Waals surface area contributed by atoms with Gasteiger partial charge in [-0.2, -0.15) is 0 Å². The van der Waals surface area contributed by atoms with Crippen LogP contribution in [0.4, 0.5) is 0 Å². The van der Waals surface area contributed by atoms with Crippen molar-refractivity contribution in [1.82, 2.24) is 10.2 Å². The van der Waals surface area contributed by atoms with Gasteiger partial charge in [0, 0.05) is 36.3 Å². The van der Waals surface area contributed by atoms with Crippen LogP contribution in [-0.2, 0) is 0 Å². The lowest BCUT2D eigenvalue weighted by molar-refractivity contribution is 0.0656. The lowest BCUT2D eigenvalue weighted by Gasteiger charge is -2.34. The fourth-order valence-electron chi connectivity index (χ4n) is 1.90. The van der Waals surface area contributed by atoms with Crippen molar-refractivity contribution in [2.24, 2.45) is 0 Å². The predicted octanol–water partition coefficient (Wildman–Crippen LogP) is 2.20. The number of carbonyl (C=O) groups excluding carboxylic acids is 1. The zero-order valence-electron chi connectivity index (χ0n) is 9.65. The molecule has 1 unspecified atom stereocenters. The van der Waals surface area contributed by atoms with E-state index in [-0.39, 0.29) is 24.4 Å². The highest BCUT2D eigenvalue weighted by Gasteiger charge is 2.23. The molecule has 1 fully saturated rings. The van der Waals surface area contributed by atoms with Crippen molar-refractivity contribution < 1.29 is 4.79 Å². The largest absolute Gasteiger partial charge is 0.333 e. The second-order valence-electron chi connectivity index (χ2n) is 4.06. The van der Waals surface area contributed by atoms with Gasteiger partial charge in [0.25, 0.3) is 5.91 Å². The highest BCUT2D eigenvalue weighted by Crippen LogP contribution is 2.13. The Labute approximate surface area is 113 Å². The number of nitrogens with one attached hydrogen (secondary N) is 1. The van der Waals surface area contributed by atoms with Crippen molar-refractivity contribution in [1.29, 1.82) is 0 Å². The van der Waals surface area contributed by atoms with Crippen molar-refractivity contribution in [2.75, 3.05) is 19.6 Å². The Morgan fingerprint density at radius 3 is 2.65 bits per heavy atom. The third-order valence-electron chi connectivity index (χ3n) is 2.85. The van der Waals surface area contributed by atoms with E-state index < -0.39 is 0 Å². The molecule has 3 nitrogen and oxygen atoms in total. The van der Waals surface area contributed by atoms with E-state index in [0.717, 1.165) is 19.6 Å². The lowest BCUT2D eigenvalue weighted by atomic mass is 10.1. The molecule has 5 heteroatoms. The average molecular weight is 275 g/mol. The Bertz CT molecular complexity index is 381. The molecule has 1 heterocycles. The molecule has 1 saturated heterocycles. The fourth-order valence-corrected chi connectivity index (χ4v) is 2.03. The summed E-state index contributed by atoms with van der Waals surface area (Å²) in [7, 11) is 0. The van der Waals surface area contributed by atoms with Gasteiger partial charge >= 0.3 is 0 Å². The van der Waals surface area contributed by atoms with Gasteiger partial charge in [0.05, 0.1) is 0 Å². The molecule has 1 aromatic carbocycles. The van der Waals surface area contributed by atoms with Gasteiger partial charge < -0.3 is 10.2 Å². The molecule has 1 aliphatic rings. The van der Waals surface area contributed by atoms with Crippen molar-refractivity contribution in [3.63, 3.8) is 0 Å². The third-order valence-corrected chi connectivity index (χ3v) is 3.11. The molecule has 2 rings (SSSR count). The Hall–Kier alpha value is -0.770. The van der Waals surface area contributed by atoms with Gasteiger partial charge in [0.2, 0.25) is 0 Å². The smallest absolute Gasteiger partial charge is 0.254 e. The number of piperazine rings is 1. The fraction of sp³-hybridized carbons (Fsp3) is 0.417. The number of amides is 1. The molecule has 0 saturated carbocycles. The van der Waals surface area contributed by atoms with Crippen molar-refractivity contribution >= 4 is 29.9 Å². The van der Waals surface area contributed by atoms with E-state index in [9.17, 15) is 4.79 Å². The van der Waals surface area contributed by atoms with Crippen LogP contribution in [0.2, 0.25) is 5.02 Å². The number of hydrogen-bond acceptors (Lipinski definition) is 2. The van der Waals surface area contributed by atoms with Crippen LogP contribution in [0.25, 0.3) is 0 Å². The molecule has 0 aliphatic carbocycles.